The normalized spacial score (nSPS) is 11.8. The summed E-state index contributed by atoms with van der Waals surface area (Å²) in [5, 5.41) is 5.57. The van der Waals surface area contributed by atoms with Crippen molar-refractivity contribution in [1.29, 1.82) is 0 Å². The van der Waals surface area contributed by atoms with Gasteiger partial charge in [-0.2, -0.15) is 0 Å². The number of hydrogen-bond acceptors (Lipinski definition) is 6. The van der Waals surface area contributed by atoms with Crippen molar-refractivity contribution in [2.45, 2.75) is 31.2 Å². The Labute approximate surface area is 217 Å². The molecular weight excluding hydrogens is 494 g/mol. The van der Waals surface area contributed by atoms with Gasteiger partial charge in [-0.25, -0.2) is 8.42 Å². The zero-order chi connectivity index (χ0) is 27.0. The highest BCUT2D eigenvalue weighted by atomic mass is 32.2. The van der Waals surface area contributed by atoms with E-state index >= 15 is 0 Å². The molecule has 37 heavy (non-hydrogen) atoms. The molecule has 0 aliphatic heterocycles. The number of carbonyl (C=O) groups excluding carboxylic acids is 2. The van der Waals surface area contributed by atoms with Crippen LogP contribution in [-0.2, 0) is 14.8 Å². The lowest BCUT2D eigenvalue weighted by molar-refractivity contribution is -0.114. The molecule has 0 spiro atoms. The van der Waals surface area contributed by atoms with Crippen molar-refractivity contribution in [3.05, 3.63) is 78.4 Å². The van der Waals surface area contributed by atoms with Crippen LogP contribution in [0.25, 0.3) is 0 Å². The Bertz CT molecular complexity index is 1350. The van der Waals surface area contributed by atoms with Gasteiger partial charge in [-0.05, 0) is 49.7 Å². The van der Waals surface area contributed by atoms with E-state index in [0.29, 0.717) is 5.75 Å². The molecule has 0 aliphatic carbocycles. The fraction of sp³-hybridized carbons (Fsp3) is 0.259. The van der Waals surface area contributed by atoms with E-state index < -0.39 is 22.5 Å². The number of anilines is 2. The maximum atomic E-state index is 13.7. The highest BCUT2D eigenvalue weighted by Crippen LogP contribution is 2.35. The summed E-state index contributed by atoms with van der Waals surface area (Å²) < 4.78 is 39.0. The van der Waals surface area contributed by atoms with E-state index in [1.54, 1.807) is 48.5 Å². The maximum absolute atomic E-state index is 13.7. The molecule has 0 radical (unpaired) electrons. The van der Waals surface area contributed by atoms with E-state index in [4.69, 9.17) is 9.47 Å². The molecule has 2 N–H and O–H groups in total. The molecule has 0 saturated carbocycles. The van der Waals surface area contributed by atoms with Crippen molar-refractivity contribution < 1.29 is 27.5 Å². The molecule has 0 saturated heterocycles. The van der Waals surface area contributed by atoms with Gasteiger partial charge in [-0.3, -0.25) is 13.9 Å². The molecule has 0 heterocycles. The lowest BCUT2D eigenvalue weighted by Crippen LogP contribution is -2.39. The minimum absolute atomic E-state index is 0.00834. The third-order valence-electron chi connectivity index (χ3n) is 5.71. The standard InChI is InChI=1S/C27H31N3O6S/c1-5-19(2)28-27(32)22-13-9-10-14-23(22)29-26(31)18-30(37(33,34)21-11-7-6-8-12-21)24-16-15-20(35-3)17-25(24)36-4/h6-17,19H,5,18H2,1-4H3,(H,28,32)(H,29,31)/t19-/m0/s1. The number of sulfonamides is 1. The predicted molar refractivity (Wildman–Crippen MR) is 143 cm³/mol. The van der Waals surface area contributed by atoms with Crippen LogP contribution in [0.2, 0.25) is 0 Å². The Balaban J connectivity index is 1.98. The minimum atomic E-state index is -4.17. The number of para-hydroxylation sites is 1. The monoisotopic (exact) mass is 525 g/mol. The zero-order valence-corrected chi connectivity index (χ0v) is 22.0. The van der Waals surface area contributed by atoms with Crippen LogP contribution in [0.3, 0.4) is 0 Å². The summed E-state index contributed by atoms with van der Waals surface area (Å²) in [4.78, 5) is 26.0. The van der Waals surface area contributed by atoms with Crippen LogP contribution in [0, 0.1) is 0 Å². The Morgan fingerprint density at radius 1 is 0.946 bits per heavy atom. The number of ether oxygens (including phenoxy) is 2. The average Bonchev–Trinajstić information content (AvgIpc) is 2.91. The van der Waals surface area contributed by atoms with Crippen LogP contribution >= 0.6 is 0 Å². The molecular formula is C27H31N3O6S. The topological polar surface area (TPSA) is 114 Å². The SMILES string of the molecule is CC[C@H](C)NC(=O)c1ccccc1NC(=O)CN(c1ccc(OC)cc1OC)S(=O)(=O)c1ccccc1. The van der Waals surface area contributed by atoms with Gasteiger partial charge in [-0.15, -0.1) is 0 Å². The Morgan fingerprint density at radius 2 is 1.62 bits per heavy atom. The second-order valence-electron chi connectivity index (χ2n) is 8.24. The Morgan fingerprint density at radius 3 is 2.27 bits per heavy atom. The van der Waals surface area contributed by atoms with Gasteiger partial charge in [0.1, 0.15) is 18.0 Å². The van der Waals surface area contributed by atoms with Crippen molar-refractivity contribution in [1.82, 2.24) is 5.32 Å². The highest BCUT2D eigenvalue weighted by molar-refractivity contribution is 7.92. The maximum Gasteiger partial charge on any atom is 0.264 e. The molecule has 3 aromatic carbocycles. The third-order valence-corrected chi connectivity index (χ3v) is 7.48. The first-order valence-electron chi connectivity index (χ1n) is 11.7. The molecule has 0 aromatic heterocycles. The third kappa shape index (κ3) is 6.59. The smallest absolute Gasteiger partial charge is 0.264 e. The van der Waals surface area contributed by atoms with Crippen molar-refractivity contribution >= 4 is 33.2 Å². The Hall–Kier alpha value is -4.05. The van der Waals surface area contributed by atoms with E-state index in [1.807, 2.05) is 13.8 Å². The van der Waals surface area contributed by atoms with E-state index in [9.17, 15) is 18.0 Å². The fourth-order valence-electron chi connectivity index (χ4n) is 3.52. The molecule has 196 valence electrons. The average molecular weight is 526 g/mol. The number of rotatable bonds is 11. The number of nitrogens with zero attached hydrogens (tertiary/aromatic N) is 1. The quantitative estimate of drug-likeness (QED) is 0.390. The first kappa shape index (κ1) is 27.5. The van der Waals surface area contributed by atoms with E-state index in [2.05, 4.69) is 10.6 Å². The van der Waals surface area contributed by atoms with Crippen molar-refractivity contribution in [3.8, 4) is 11.5 Å². The molecule has 2 amide bonds. The Kier molecular flexibility index (Phi) is 9.13. The second kappa shape index (κ2) is 12.3. The first-order chi connectivity index (χ1) is 17.7. The second-order valence-corrected chi connectivity index (χ2v) is 10.1. The van der Waals surface area contributed by atoms with Crippen LogP contribution in [-0.4, -0.2) is 47.0 Å². The van der Waals surface area contributed by atoms with Crippen LogP contribution < -0.4 is 24.4 Å². The van der Waals surface area contributed by atoms with E-state index in [1.165, 1.54) is 38.5 Å². The van der Waals surface area contributed by atoms with Gasteiger partial charge in [0.15, 0.2) is 0 Å². The molecule has 10 heteroatoms. The van der Waals surface area contributed by atoms with Gasteiger partial charge in [-0.1, -0.05) is 37.3 Å². The predicted octanol–water partition coefficient (Wildman–Crippen LogP) is 4.07. The number of hydrogen-bond donors (Lipinski definition) is 2. The van der Waals surface area contributed by atoms with Gasteiger partial charge in [0, 0.05) is 12.1 Å². The summed E-state index contributed by atoms with van der Waals surface area (Å²) in [5.41, 5.74) is 0.702. The number of nitrogens with one attached hydrogen (secondary N) is 2. The fourth-order valence-corrected chi connectivity index (χ4v) is 4.98. The molecule has 3 aromatic rings. The highest BCUT2D eigenvalue weighted by Gasteiger charge is 2.30. The molecule has 3 rings (SSSR count). The van der Waals surface area contributed by atoms with Gasteiger partial charge >= 0.3 is 0 Å². The molecule has 0 fully saturated rings. The number of carbonyl (C=O) groups is 2. The summed E-state index contributed by atoms with van der Waals surface area (Å²) in [6, 6.07) is 18.9. The molecule has 0 unspecified atom stereocenters. The van der Waals surface area contributed by atoms with Crippen LogP contribution in [0.4, 0.5) is 11.4 Å². The zero-order valence-electron chi connectivity index (χ0n) is 21.2. The van der Waals surface area contributed by atoms with Gasteiger partial charge in [0.2, 0.25) is 5.91 Å². The summed E-state index contributed by atoms with van der Waals surface area (Å²) in [7, 11) is -1.28. The molecule has 0 bridgehead atoms. The van der Waals surface area contributed by atoms with Crippen molar-refractivity contribution in [2.75, 3.05) is 30.4 Å². The van der Waals surface area contributed by atoms with Gasteiger partial charge in [0.25, 0.3) is 15.9 Å². The summed E-state index contributed by atoms with van der Waals surface area (Å²) in [5.74, 6) is -0.305. The summed E-state index contributed by atoms with van der Waals surface area (Å²) in [6.07, 6.45) is 0.746. The van der Waals surface area contributed by atoms with Crippen LogP contribution in [0.1, 0.15) is 30.6 Å². The molecule has 9 nitrogen and oxygen atoms in total. The van der Waals surface area contributed by atoms with E-state index in [-0.39, 0.29) is 39.5 Å². The lowest BCUT2D eigenvalue weighted by atomic mass is 10.1. The number of methoxy groups -OCH3 is 2. The van der Waals surface area contributed by atoms with Crippen LogP contribution in [0.5, 0.6) is 11.5 Å². The van der Waals surface area contributed by atoms with Crippen molar-refractivity contribution in [3.63, 3.8) is 0 Å². The van der Waals surface area contributed by atoms with Gasteiger partial charge < -0.3 is 20.1 Å². The molecule has 1 atom stereocenters. The summed E-state index contributed by atoms with van der Waals surface area (Å²) >= 11 is 0. The largest absolute Gasteiger partial charge is 0.497 e. The number of amides is 2. The first-order valence-corrected chi connectivity index (χ1v) is 13.1. The van der Waals surface area contributed by atoms with Crippen molar-refractivity contribution in [2.24, 2.45) is 0 Å². The summed E-state index contributed by atoms with van der Waals surface area (Å²) in [6.45, 7) is 3.27. The van der Waals surface area contributed by atoms with E-state index in [0.717, 1.165) is 10.7 Å². The molecule has 0 aliphatic rings. The lowest BCUT2D eigenvalue weighted by Gasteiger charge is -2.26. The van der Waals surface area contributed by atoms with Crippen LogP contribution in [0.15, 0.2) is 77.7 Å². The van der Waals surface area contributed by atoms with Gasteiger partial charge in [0.05, 0.1) is 36.1 Å². The number of benzene rings is 3. The minimum Gasteiger partial charge on any atom is -0.497 e.